The third kappa shape index (κ3) is 23.1. The lowest BCUT2D eigenvalue weighted by Gasteiger charge is -2.03. The monoisotopic (exact) mass is 332 g/mol. The van der Waals surface area contributed by atoms with Crippen molar-refractivity contribution in [2.75, 3.05) is 5.75 Å². The van der Waals surface area contributed by atoms with E-state index < -0.39 is 10.1 Å². The van der Waals surface area contributed by atoms with Gasteiger partial charge in [0.15, 0.2) is 0 Å². The van der Waals surface area contributed by atoms with E-state index in [-0.39, 0.29) is 28.8 Å². The summed E-state index contributed by atoms with van der Waals surface area (Å²) in [7, 11) is -3.74. The number of hydrogen-bond acceptors (Lipinski definition) is 2. The molecule has 0 atom stereocenters. The Morgan fingerprint density at radius 1 is 0.619 bits per heavy atom. The first-order valence-corrected chi connectivity index (χ1v) is 10.1. The fraction of sp³-hybridized carbons (Fsp3) is 1.00. The number of rotatable bonds is 15. The van der Waals surface area contributed by atoms with Crippen molar-refractivity contribution >= 4 is 33.2 Å². The summed E-state index contributed by atoms with van der Waals surface area (Å²) >= 11 is 0. The SMILES string of the molecule is CCCCCCCCCCCCCCCCS(=O)(=O)O.[MgH2]. The molecule has 126 valence electrons. The second-order valence-corrected chi connectivity index (χ2v) is 7.45. The van der Waals surface area contributed by atoms with Crippen molar-refractivity contribution < 1.29 is 13.0 Å². The first kappa shape index (κ1) is 23.9. The van der Waals surface area contributed by atoms with E-state index in [1.54, 1.807) is 0 Å². The topological polar surface area (TPSA) is 54.4 Å². The van der Waals surface area contributed by atoms with Crippen molar-refractivity contribution in [3.63, 3.8) is 0 Å². The van der Waals surface area contributed by atoms with Gasteiger partial charge in [0.1, 0.15) is 0 Å². The summed E-state index contributed by atoms with van der Waals surface area (Å²) in [5, 5.41) is 0. The summed E-state index contributed by atoms with van der Waals surface area (Å²) < 4.78 is 29.6. The third-order valence-electron chi connectivity index (χ3n) is 3.76. The fourth-order valence-electron chi connectivity index (χ4n) is 2.48. The smallest absolute Gasteiger partial charge is 0.286 e. The molecule has 0 rings (SSSR count). The highest BCUT2D eigenvalue weighted by Gasteiger charge is 2.02. The van der Waals surface area contributed by atoms with Gasteiger partial charge in [0, 0.05) is 0 Å². The second kappa shape index (κ2) is 17.0. The van der Waals surface area contributed by atoms with E-state index in [9.17, 15) is 8.42 Å². The molecule has 1 N–H and O–H groups in total. The molecule has 0 aliphatic carbocycles. The Labute approximate surface area is 148 Å². The van der Waals surface area contributed by atoms with Crippen molar-refractivity contribution in [3.05, 3.63) is 0 Å². The van der Waals surface area contributed by atoms with E-state index in [1.807, 2.05) is 0 Å². The second-order valence-electron chi connectivity index (χ2n) is 5.88. The maximum atomic E-state index is 10.5. The Morgan fingerprint density at radius 2 is 0.905 bits per heavy atom. The van der Waals surface area contributed by atoms with E-state index in [0.29, 0.717) is 6.42 Å². The van der Waals surface area contributed by atoms with Crippen LogP contribution in [-0.2, 0) is 10.1 Å². The normalized spacial score (nSPS) is 11.3. The molecule has 5 heteroatoms. The van der Waals surface area contributed by atoms with E-state index >= 15 is 0 Å². The predicted molar refractivity (Wildman–Crippen MR) is 95.3 cm³/mol. The van der Waals surface area contributed by atoms with Gasteiger partial charge in [-0.25, -0.2) is 0 Å². The van der Waals surface area contributed by atoms with Gasteiger partial charge in [-0.1, -0.05) is 90.4 Å². The Kier molecular flexibility index (Phi) is 19.4. The first-order valence-electron chi connectivity index (χ1n) is 8.51. The zero-order valence-electron chi connectivity index (χ0n) is 13.3. The van der Waals surface area contributed by atoms with Gasteiger partial charge in [-0.05, 0) is 6.42 Å². The van der Waals surface area contributed by atoms with Crippen LogP contribution in [0.2, 0.25) is 0 Å². The highest BCUT2D eigenvalue weighted by Crippen LogP contribution is 2.13. The van der Waals surface area contributed by atoms with Crippen LogP contribution in [0, 0.1) is 0 Å². The van der Waals surface area contributed by atoms with Gasteiger partial charge in [-0.15, -0.1) is 0 Å². The van der Waals surface area contributed by atoms with Crippen LogP contribution in [0.5, 0.6) is 0 Å². The fourth-order valence-corrected chi connectivity index (χ4v) is 3.05. The molecule has 0 spiro atoms. The molecular formula is C16H36MgO3S. The summed E-state index contributed by atoms with van der Waals surface area (Å²) in [5.74, 6) is -0.0783. The molecule has 0 aromatic carbocycles. The van der Waals surface area contributed by atoms with Gasteiger partial charge in [-0.3, -0.25) is 4.55 Å². The van der Waals surface area contributed by atoms with Crippen molar-refractivity contribution in [1.29, 1.82) is 0 Å². The van der Waals surface area contributed by atoms with Crippen LogP contribution in [0.4, 0.5) is 0 Å². The molecule has 0 saturated heterocycles. The number of unbranched alkanes of at least 4 members (excludes halogenated alkanes) is 13. The molecule has 0 aromatic rings. The summed E-state index contributed by atoms with van der Waals surface area (Å²) in [6.45, 7) is 2.25. The lowest BCUT2D eigenvalue weighted by atomic mass is 10.0. The largest absolute Gasteiger partial charge is 0.316 e. The van der Waals surface area contributed by atoms with Gasteiger partial charge < -0.3 is 0 Å². The molecule has 0 fully saturated rings. The molecule has 3 nitrogen and oxygen atoms in total. The molecule has 0 aromatic heterocycles. The maximum Gasteiger partial charge on any atom is 0.316 e. The Hall–Kier alpha value is 0.676. The minimum atomic E-state index is -3.74. The first-order chi connectivity index (χ1) is 9.56. The van der Waals surface area contributed by atoms with Crippen LogP contribution in [0.25, 0.3) is 0 Å². The van der Waals surface area contributed by atoms with Crippen molar-refractivity contribution in [2.45, 2.75) is 96.8 Å². The van der Waals surface area contributed by atoms with Crippen LogP contribution in [0.15, 0.2) is 0 Å². The maximum absolute atomic E-state index is 10.5. The molecule has 21 heavy (non-hydrogen) atoms. The van der Waals surface area contributed by atoms with Gasteiger partial charge >= 0.3 is 23.1 Å². The lowest BCUT2D eigenvalue weighted by Crippen LogP contribution is -2.03. The molecule has 0 bridgehead atoms. The van der Waals surface area contributed by atoms with Gasteiger partial charge in [0.25, 0.3) is 10.1 Å². The van der Waals surface area contributed by atoms with Crippen molar-refractivity contribution in [3.8, 4) is 0 Å². The zero-order valence-corrected chi connectivity index (χ0v) is 14.1. The number of hydrogen-bond donors (Lipinski definition) is 1. The third-order valence-corrected chi connectivity index (χ3v) is 4.56. The molecular weight excluding hydrogens is 297 g/mol. The zero-order chi connectivity index (χ0) is 15.1. The van der Waals surface area contributed by atoms with E-state index in [0.717, 1.165) is 12.8 Å². The van der Waals surface area contributed by atoms with E-state index in [4.69, 9.17) is 4.55 Å². The Balaban J connectivity index is 0. The quantitative estimate of drug-likeness (QED) is 0.274. The van der Waals surface area contributed by atoms with E-state index in [2.05, 4.69) is 6.92 Å². The van der Waals surface area contributed by atoms with E-state index in [1.165, 1.54) is 70.6 Å². The minimum Gasteiger partial charge on any atom is -0.286 e. The molecule has 0 unspecified atom stereocenters. The minimum absolute atomic E-state index is 0. The molecule has 0 aliphatic rings. The van der Waals surface area contributed by atoms with Crippen LogP contribution in [0.3, 0.4) is 0 Å². The summed E-state index contributed by atoms with van der Waals surface area (Å²) in [4.78, 5) is 0. The summed E-state index contributed by atoms with van der Waals surface area (Å²) in [6.07, 6.45) is 17.4. The van der Waals surface area contributed by atoms with Gasteiger partial charge in [0.05, 0.1) is 5.75 Å². The van der Waals surface area contributed by atoms with Gasteiger partial charge in [0.2, 0.25) is 0 Å². The molecule has 0 aliphatic heterocycles. The predicted octanol–water partition coefficient (Wildman–Crippen LogP) is 4.44. The lowest BCUT2D eigenvalue weighted by molar-refractivity contribution is 0.478. The molecule has 0 saturated carbocycles. The van der Waals surface area contributed by atoms with Crippen LogP contribution in [0.1, 0.15) is 96.8 Å². The average molecular weight is 333 g/mol. The summed E-state index contributed by atoms with van der Waals surface area (Å²) in [5.41, 5.74) is 0. The molecule has 0 heterocycles. The summed E-state index contributed by atoms with van der Waals surface area (Å²) in [6, 6.07) is 0. The standard InChI is InChI=1S/C16H34O3S.Mg.2H/c1-2-3-4-5-6-7-8-9-10-11-12-13-14-15-16-20(17,18)19;;;/h2-16H2,1H3,(H,17,18,19);;;. The van der Waals surface area contributed by atoms with Gasteiger partial charge in [-0.2, -0.15) is 8.42 Å². The highest BCUT2D eigenvalue weighted by molar-refractivity contribution is 7.85. The Morgan fingerprint density at radius 3 is 1.19 bits per heavy atom. The van der Waals surface area contributed by atoms with Crippen LogP contribution < -0.4 is 0 Å². The Bertz CT molecular complexity index is 292. The highest BCUT2D eigenvalue weighted by atomic mass is 32.2. The average Bonchev–Trinajstić information content (AvgIpc) is 2.38. The molecule has 0 radical (unpaired) electrons. The van der Waals surface area contributed by atoms with Crippen LogP contribution >= 0.6 is 0 Å². The van der Waals surface area contributed by atoms with Crippen LogP contribution in [-0.4, -0.2) is 41.8 Å². The van der Waals surface area contributed by atoms with Crippen molar-refractivity contribution in [2.24, 2.45) is 0 Å². The molecule has 0 amide bonds. The van der Waals surface area contributed by atoms with Crippen molar-refractivity contribution in [1.82, 2.24) is 0 Å².